The molecule has 0 unspecified atom stereocenters. The Morgan fingerprint density at radius 3 is 2.91 bits per heavy atom. The second kappa shape index (κ2) is 7.24. The number of amides is 1. The van der Waals surface area contributed by atoms with Crippen LogP contribution in [0.2, 0.25) is 0 Å². The van der Waals surface area contributed by atoms with Crippen molar-refractivity contribution < 1.29 is 14.3 Å². The van der Waals surface area contributed by atoms with E-state index >= 15 is 0 Å². The number of hydrogen-bond donors (Lipinski definition) is 1. The van der Waals surface area contributed by atoms with E-state index in [1.165, 1.54) is 0 Å². The normalized spacial score (nSPS) is 12.0. The molecule has 1 aliphatic rings. The summed E-state index contributed by atoms with van der Waals surface area (Å²) in [5.74, 6) is 2.15. The second-order valence-electron chi connectivity index (χ2n) is 4.97. The average molecular weight is 327 g/mol. The summed E-state index contributed by atoms with van der Waals surface area (Å²) in [4.78, 5) is 13.4. The van der Waals surface area contributed by atoms with Gasteiger partial charge in [0, 0.05) is 17.2 Å². The Bertz CT molecular complexity index is 730. The fourth-order valence-electron chi connectivity index (χ4n) is 2.26. The topological polar surface area (TPSA) is 47.6 Å². The lowest BCUT2D eigenvalue weighted by Crippen LogP contribution is -2.23. The number of benzene rings is 2. The number of carbonyl (C=O) groups is 1. The van der Waals surface area contributed by atoms with E-state index in [1.807, 2.05) is 48.5 Å². The van der Waals surface area contributed by atoms with Gasteiger partial charge in [-0.2, -0.15) is 0 Å². The van der Waals surface area contributed by atoms with Crippen LogP contribution in [0.3, 0.4) is 0 Å². The summed E-state index contributed by atoms with van der Waals surface area (Å²) in [5, 5.41) is 2.95. The van der Waals surface area contributed by atoms with Gasteiger partial charge in [0.2, 0.25) is 6.79 Å². The highest BCUT2D eigenvalue weighted by atomic mass is 32.2. The fourth-order valence-corrected chi connectivity index (χ4v) is 3.05. The van der Waals surface area contributed by atoms with Crippen LogP contribution < -0.4 is 14.8 Å². The Morgan fingerprint density at radius 1 is 1.22 bits per heavy atom. The smallest absolute Gasteiger partial charge is 0.252 e. The summed E-state index contributed by atoms with van der Waals surface area (Å²) in [6.07, 6.45) is 1.83. The summed E-state index contributed by atoms with van der Waals surface area (Å²) >= 11 is 1.60. The zero-order valence-corrected chi connectivity index (χ0v) is 13.4. The average Bonchev–Trinajstić information content (AvgIpc) is 3.05. The monoisotopic (exact) mass is 327 g/mol. The van der Waals surface area contributed by atoms with Gasteiger partial charge in [0.05, 0.1) is 5.56 Å². The minimum Gasteiger partial charge on any atom is -0.454 e. The first-order valence-electron chi connectivity index (χ1n) is 7.27. The van der Waals surface area contributed by atoms with Gasteiger partial charge in [0.25, 0.3) is 5.91 Å². The molecule has 4 nitrogen and oxygen atoms in total. The Morgan fingerprint density at radius 2 is 2.04 bits per heavy atom. The number of ether oxygens (including phenoxy) is 2. The lowest BCUT2D eigenvalue weighted by Gasteiger charge is -2.09. The summed E-state index contributed by atoms with van der Waals surface area (Å²) < 4.78 is 10.6. The molecule has 0 aromatic heterocycles. The maximum Gasteiger partial charge on any atom is 0.252 e. The van der Waals surface area contributed by atoms with Crippen molar-refractivity contribution in [3.05, 3.63) is 66.2 Å². The number of carbonyl (C=O) groups excluding carboxylic acids is 1. The van der Waals surface area contributed by atoms with Crippen LogP contribution >= 0.6 is 11.8 Å². The number of rotatable bonds is 6. The zero-order valence-electron chi connectivity index (χ0n) is 12.6. The van der Waals surface area contributed by atoms with Gasteiger partial charge >= 0.3 is 0 Å². The van der Waals surface area contributed by atoms with Gasteiger partial charge in [0.1, 0.15) is 0 Å². The predicted octanol–water partition coefficient (Wildman–Crippen LogP) is 3.62. The van der Waals surface area contributed by atoms with Crippen LogP contribution in [0.25, 0.3) is 0 Å². The first-order valence-corrected chi connectivity index (χ1v) is 8.26. The molecule has 118 valence electrons. The van der Waals surface area contributed by atoms with E-state index in [0.29, 0.717) is 12.1 Å². The summed E-state index contributed by atoms with van der Waals surface area (Å²) in [6.45, 7) is 4.40. The van der Waals surface area contributed by atoms with Gasteiger partial charge in [-0.1, -0.05) is 24.3 Å². The maximum absolute atomic E-state index is 12.4. The van der Waals surface area contributed by atoms with E-state index in [-0.39, 0.29) is 12.7 Å². The van der Waals surface area contributed by atoms with Gasteiger partial charge in [0.15, 0.2) is 11.5 Å². The summed E-state index contributed by atoms with van der Waals surface area (Å²) in [6, 6.07) is 13.3. The second-order valence-corrected chi connectivity index (χ2v) is 6.03. The third kappa shape index (κ3) is 3.68. The lowest BCUT2D eigenvalue weighted by atomic mass is 10.1. The van der Waals surface area contributed by atoms with E-state index in [4.69, 9.17) is 9.47 Å². The van der Waals surface area contributed by atoms with Crippen LogP contribution in [0.1, 0.15) is 15.9 Å². The Balaban J connectivity index is 1.66. The van der Waals surface area contributed by atoms with Gasteiger partial charge in [-0.15, -0.1) is 18.3 Å². The first-order chi connectivity index (χ1) is 11.3. The molecule has 0 atom stereocenters. The standard InChI is InChI=1S/C18H17NO3S/c1-2-9-23-17-6-4-3-5-14(17)18(20)19-11-13-7-8-15-16(10-13)22-12-21-15/h2-8,10H,1,9,11-12H2,(H,19,20). The number of nitrogens with one attached hydrogen (secondary N) is 1. The van der Waals surface area contributed by atoms with E-state index in [9.17, 15) is 4.79 Å². The summed E-state index contributed by atoms with van der Waals surface area (Å²) in [7, 11) is 0. The lowest BCUT2D eigenvalue weighted by molar-refractivity contribution is 0.0948. The molecule has 2 aromatic carbocycles. The van der Waals surface area contributed by atoms with Crippen molar-refractivity contribution in [2.24, 2.45) is 0 Å². The van der Waals surface area contributed by atoms with Crippen LogP contribution in [0.15, 0.2) is 60.0 Å². The molecule has 0 saturated heterocycles. The largest absolute Gasteiger partial charge is 0.454 e. The van der Waals surface area contributed by atoms with Crippen LogP contribution in [0, 0.1) is 0 Å². The van der Waals surface area contributed by atoms with Crippen molar-refractivity contribution in [1.82, 2.24) is 5.32 Å². The zero-order chi connectivity index (χ0) is 16.1. The molecular formula is C18H17NO3S. The molecule has 0 bridgehead atoms. The molecule has 2 aromatic rings. The van der Waals surface area contributed by atoms with Crippen molar-refractivity contribution in [3.8, 4) is 11.5 Å². The van der Waals surface area contributed by atoms with Crippen molar-refractivity contribution in [3.63, 3.8) is 0 Å². The SMILES string of the molecule is C=CCSc1ccccc1C(=O)NCc1ccc2c(c1)OCO2. The maximum atomic E-state index is 12.4. The minimum atomic E-state index is -0.0881. The molecule has 0 fully saturated rings. The Labute approximate surface area is 139 Å². The molecule has 3 rings (SSSR count). The van der Waals surface area contributed by atoms with Crippen LogP contribution in [-0.2, 0) is 6.54 Å². The molecule has 1 aliphatic heterocycles. The highest BCUT2D eigenvalue weighted by Gasteiger charge is 2.14. The minimum absolute atomic E-state index is 0.0881. The van der Waals surface area contributed by atoms with Crippen molar-refractivity contribution in [1.29, 1.82) is 0 Å². The molecule has 0 aliphatic carbocycles. The molecule has 1 amide bonds. The number of fused-ring (bicyclic) bond motifs is 1. The van der Waals surface area contributed by atoms with E-state index < -0.39 is 0 Å². The molecule has 0 spiro atoms. The van der Waals surface area contributed by atoms with E-state index in [2.05, 4.69) is 11.9 Å². The van der Waals surface area contributed by atoms with Crippen molar-refractivity contribution in [2.75, 3.05) is 12.5 Å². The predicted molar refractivity (Wildman–Crippen MR) is 91.1 cm³/mol. The van der Waals surface area contributed by atoms with Gasteiger partial charge in [-0.3, -0.25) is 4.79 Å². The van der Waals surface area contributed by atoms with Crippen LogP contribution in [0.4, 0.5) is 0 Å². The third-order valence-electron chi connectivity index (χ3n) is 3.38. The molecule has 0 saturated carbocycles. The molecule has 1 heterocycles. The number of hydrogen-bond acceptors (Lipinski definition) is 4. The summed E-state index contributed by atoms with van der Waals surface area (Å²) in [5.41, 5.74) is 1.65. The third-order valence-corrected chi connectivity index (χ3v) is 4.45. The van der Waals surface area contributed by atoms with Crippen molar-refractivity contribution >= 4 is 17.7 Å². The number of thioether (sulfide) groups is 1. The van der Waals surface area contributed by atoms with Gasteiger partial charge < -0.3 is 14.8 Å². The van der Waals surface area contributed by atoms with E-state index in [1.54, 1.807) is 11.8 Å². The first kappa shape index (κ1) is 15.5. The fraction of sp³-hybridized carbons (Fsp3) is 0.167. The molecule has 0 radical (unpaired) electrons. The quantitative estimate of drug-likeness (QED) is 0.650. The highest BCUT2D eigenvalue weighted by Crippen LogP contribution is 2.32. The van der Waals surface area contributed by atoms with Crippen molar-refractivity contribution in [2.45, 2.75) is 11.4 Å². The van der Waals surface area contributed by atoms with Crippen LogP contribution in [0.5, 0.6) is 11.5 Å². The van der Waals surface area contributed by atoms with Gasteiger partial charge in [-0.05, 0) is 29.8 Å². The van der Waals surface area contributed by atoms with E-state index in [0.717, 1.165) is 27.7 Å². The van der Waals surface area contributed by atoms with Gasteiger partial charge in [-0.25, -0.2) is 0 Å². The molecule has 5 heteroatoms. The molecular weight excluding hydrogens is 310 g/mol. The highest BCUT2D eigenvalue weighted by molar-refractivity contribution is 7.99. The molecule has 1 N–H and O–H groups in total. The molecule has 23 heavy (non-hydrogen) atoms. The Hall–Kier alpha value is -2.40. The van der Waals surface area contributed by atoms with Crippen LogP contribution in [-0.4, -0.2) is 18.5 Å². The Kier molecular flexibility index (Phi) is 4.88.